The largest absolute Gasteiger partial charge is 0.445 e. The number of aromatic nitrogens is 3. The molecule has 0 spiro atoms. The molecule has 2 aromatic heterocycles. The molecule has 1 N–H and O–H groups in total. The summed E-state index contributed by atoms with van der Waals surface area (Å²) in [6.07, 6.45) is 3.03. The molecule has 2 amide bonds. The molecule has 3 heterocycles. The fraction of sp³-hybridized carbons (Fsp3) is 0.161. The number of amides is 2. The van der Waals surface area contributed by atoms with Gasteiger partial charge in [0.05, 0.1) is 29.5 Å². The van der Waals surface area contributed by atoms with E-state index in [4.69, 9.17) is 4.74 Å². The summed E-state index contributed by atoms with van der Waals surface area (Å²) in [5.74, 6) is -0.105. The topological polar surface area (TPSA) is 98.5 Å². The minimum atomic E-state index is -0.571. The number of hydrogen-bond acceptors (Lipinski definition) is 5. The third-order valence-electron chi connectivity index (χ3n) is 7.12. The number of nitrogens with one attached hydrogen (secondary N) is 1. The summed E-state index contributed by atoms with van der Waals surface area (Å²) in [5, 5.41) is 8.29. The third-order valence-corrected chi connectivity index (χ3v) is 7.12. The number of benzene rings is 3. The Balaban J connectivity index is 1.29. The molecule has 2 atom stereocenters. The van der Waals surface area contributed by atoms with Gasteiger partial charge in [-0.25, -0.2) is 9.48 Å². The summed E-state index contributed by atoms with van der Waals surface area (Å²) in [7, 11) is 1.69. The Labute approximate surface area is 230 Å². The highest BCUT2D eigenvalue weighted by molar-refractivity contribution is 5.99. The van der Waals surface area contributed by atoms with E-state index in [2.05, 4.69) is 10.4 Å². The summed E-state index contributed by atoms with van der Waals surface area (Å²) in [6, 6.07) is 27.2. The van der Waals surface area contributed by atoms with Crippen LogP contribution in [0.5, 0.6) is 0 Å². The van der Waals surface area contributed by atoms with E-state index in [1.807, 2.05) is 78.9 Å². The zero-order chi connectivity index (χ0) is 27.6. The van der Waals surface area contributed by atoms with Crippen LogP contribution in [0, 0.1) is 0 Å². The molecular formula is C31H27N5O4. The van der Waals surface area contributed by atoms with E-state index in [9.17, 15) is 14.4 Å². The molecule has 1 saturated heterocycles. The molecule has 9 heteroatoms. The van der Waals surface area contributed by atoms with Crippen LogP contribution in [0.25, 0.3) is 16.6 Å². The van der Waals surface area contributed by atoms with Crippen molar-refractivity contribution >= 4 is 28.6 Å². The molecule has 6 rings (SSSR count). The molecule has 0 aliphatic carbocycles. The van der Waals surface area contributed by atoms with Gasteiger partial charge in [0.1, 0.15) is 6.61 Å². The number of rotatable bonds is 6. The van der Waals surface area contributed by atoms with Crippen molar-refractivity contribution in [3.8, 4) is 5.69 Å². The number of alkyl carbamates (subject to hydrolysis) is 1. The molecule has 1 fully saturated rings. The number of anilines is 1. The molecule has 40 heavy (non-hydrogen) atoms. The Kier molecular flexibility index (Phi) is 6.61. The van der Waals surface area contributed by atoms with Gasteiger partial charge in [0.25, 0.3) is 0 Å². The number of hydrogen-bond donors (Lipinski definition) is 1. The molecule has 0 saturated carbocycles. The van der Waals surface area contributed by atoms with E-state index >= 15 is 0 Å². The van der Waals surface area contributed by atoms with Crippen molar-refractivity contribution < 1.29 is 14.3 Å². The molecular weight excluding hydrogens is 506 g/mol. The van der Waals surface area contributed by atoms with Gasteiger partial charge in [0.15, 0.2) is 0 Å². The Morgan fingerprint density at radius 3 is 2.42 bits per heavy atom. The second-order valence-corrected chi connectivity index (χ2v) is 9.77. The Morgan fingerprint density at radius 1 is 0.950 bits per heavy atom. The number of pyridine rings is 1. The summed E-state index contributed by atoms with van der Waals surface area (Å²) >= 11 is 0. The third kappa shape index (κ3) is 4.84. The first-order chi connectivity index (χ1) is 19.5. The predicted octanol–water partition coefficient (Wildman–Crippen LogP) is 4.50. The Hall–Kier alpha value is -5.18. The van der Waals surface area contributed by atoms with Crippen LogP contribution in [0.1, 0.15) is 23.6 Å². The maximum Gasteiger partial charge on any atom is 0.407 e. The Bertz CT molecular complexity index is 1750. The number of carbonyl (C=O) groups is 2. The van der Waals surface area contributed by atoms with E-state index in [1.54, 1.807) is 35.1 Å². The number of aryl methyl sites for hydroxylation is 1. The van der Waals surface area contributed by atoms with Gasteiger partial charge in [-0.15, -0.1) is 0 Å². The maximum atomic E-state index is 13.4. The monoisotopic (exact) mass is 533 g/mol. The van der Waals surface area contributed by atoms with Crippen LogP contribution in [0.15, 0.2) is 108 Å². The first-order valence-corrected chi connectivity index (χ1v) is 13.0. The van der Waals surface area contributed by atoms with Crippen molar-refractivity contribution in [1.29, 1.82) is 0 Å². The van der Waals surface area contributed by atoms with Crippen molar-refractivity contribution in [2.45, 2.75) is 25.1 Å². The lowest BCUT2D eigenvalue weighted by Crippen LogP contribution is -2.40. The highest BCUT2D eigenvalue weighted by Gasteiger charge is 2.42. The lowest BCUT2D eigenvalue weighted by molar-refractivity contribution is -0.117. The van der Waals surface area contributed by atoms with Crippen LogP contribution < -0.4 is 15.8 Å². The predicted molar refractivity (Wildman–Crippen MR) is 151 cm³/mol. The van der Waals surface area contributed by atoms with Gasteiger partial charge < -0.3 is 19.5 Å². The van der Waals surface area contributed by atoms with Gasteiger partial charge in [-0.2, -0.15) is 5.10 Å². The van der Waals surface area contributed by atoms with Crippen LogP contribution in [0.4, 0.5) is 10.5 Å². The lowest BCUT2D eigenvalue weighted by Gasteiger charge is -2.29. The number of nitrogens with zero attached hydrogens (tertiary/aromatic N) is 4. The van der Waals surface area contributed by atoms with Gasteiger partial charge >= 0.3 is 6.09 Å². The molecule has 0 radical (unpaired) electrons. The zero-order valence-corrected chi connectivity index (χ0v) is 21.8. The van der Waals surface area contributed by atoms with E-state index in [1.165, 1.54) is 10.6 Å². The maximum absolute atomic E-state index is 13.4. The SMILES string of the molecule is Cn1cc(-n2ncc3cc(N4C(=O)C[C@@H](NC(=O)OCc5ccccc5)[C@@H]4c4ccccc4)ccc32)ccc1=O. The summed E-state index contributed by atoms with van der Waals surface area (Å²) < 4.78 is 8.72. The highest BCUT2D eigenvalue weighted by atomic mass is 16.5. The minimum Gasteiger partial charge on any atom is -0.445 e. The van der Waals surface area contributed by atoms with Crippen molar-refractivity contribution in [3.05, 3.63) is 125 Å². The number of fused-ring (bicyclic) bond motifs is 1. The van der Waals surface area contributed by atoms with Crippen molar-refractivity contribution in [1.82, 2.24) is 19.7 Å². The quantitative estimate of drug-likeness (QED) is 0.347. The molecule has 5 aromatic rings. The van der Waals surface area contributed by atoms with Gasteiger partial charge in [-0.05, 0) is 35.4 Å². The van der Waals surface area contributed by atoms with E-state index in [0.717, 1.165) is 27.7 Å². The fourth-order valence-corrected chi connectivity index (χ4v) is 5.20. The van der Waals surface area contributed by atoms with Crippen molar-refractivity contribution in [2.75, 3.05) is 4.90 Å². The standard InChI is InChI=1S/C31H27N5O4/c1-34-19-25(13-15-28(34)37)36-27-14-12-24(16-23(27)18-32-36)35-29(38)17-26(30(35)22-10-6-3-7-11-22)33-31(39)40-20-21-8-4-2-5-9-21/h2-16,18-19,26,30H,17,20H2,1H3,(H,33,39)/t26-,30+/m1/s1. The lowest BCUT2D eigenvalue weighted by atomic mass is 9.99. The van der Waals surface area contributed by atoms with Crippen LogP contribution in [-0.2, 0) is 23.2 Å². The molecule has 1 aliphatic rings. The summed E-state index contributed by atoms with van der Waals surface area (Å²) in [5.41, 5.74) is 3.98. The molecule has 3 aromatic carbocycles. The smallest absolute Gasteiger partial charge is 0.407 e. The molecule has 1 aliphatic heterocycles. The van der Waals surface area contributed by atoms with E-state index < -0.39 is 18.2 Å². The molecule has 9 nitrogen and oxygen atoms in total. The average Bonchev–Trinajstić information content (AvgIpc) is 3.54. The summed E-state index contributed by atoms with van der Waals surface area (Å²) in [4.78, 5) is 39.8. The van der Waals surface area contributed by atoms with Gasteiger partial charge in [0.2, 0.25) is 11.5 Å². The van der Waals surface area contributed by atoms with Crippen LogP contribution in [0.2, 0.25) is 0 Å². The first kappa shape index (κ1) is 25.1. The number of carbonyl (C=O) groups excluding carboxylic acids is 2. The normalized spacial score (nSPS) is 16.8. The van der Waals surface area contributed by atoms with E-state index in [0.29, 0.717) is 5.69 Å². The second-order valence-electron chi connectivity index (χ2n) is 9.77. The van der Waals surface area contributed by atoms with Gasteiger partial charge in [-0.3, -0.25) is 9.59 Å². The fourth-order valence-electron chi connectivity index (χ4n) is 5.20. The average molecular weight is 534 g/mol. The molecule has 0 bridgehead atoms. The second kappa shape index (κ2) is 10.5. The van der Waals surface area contributed by atoms with Crippen LogP contribution >= 0.6 is 0 Å². The van der Waals surface area contributed by atoms with Crippen molar-refractivity contribution in [3.63, 3.8) is 0 Å². The molecule has 200 valence electrons. The minimum absolute atomic E-state index is 0.103. The first-order valence-electron chi connectivity index (χ1n) is 13.0. The highest BCUT2D eigenvalue weighted by Crippen LogP contribution is 2.38. The number of ether oxygens (including phenoxy) is 1. The summed E-state index contributed by atoms with van der Waals surface area (Å²) in [6.45, 7) is 0.142. The van der Waals surface area contributed by atoms with Crippen LogP contribution in [0.3, 0.4) is 0 Å². The van der Waals surface area contributed by atoms with Gasteiger partial charge in [0, 0.05) is 36.8 Å². The van der Waals surface area contributed by atoms with Gasteiger partial charge in [-0.1, -0.05) is 60.7 Å². The van der Waals surface area contributed by atoms with E-state index in [-0.39, 0.29) is 24.5 Å². The molecule has 0 unspecified atom stereocenters. The Morgan fingerprint density at radius 2 is 1.68 bits per heavy atom. The van der Waals surface area contributed by atoms with Crippen molar-refractivity contribution in [2.24, 2.45) is 7.05 Å². The van der Waals surface area contributed by atoms with Crippen LogP contribution in [-0.4, -0.2) is 32.4 Å². The zero-order valence-electron chi connectivity index (χ0n) is 21.8.